The molecule has 0 aliphatic heterocycles. The maximum Gasteiger partial charge on any atom is 0.326 e. The molecule has 1 atom stereocenters. The number of benzene rings is 3. The average Bonchev–Trinajstić information content (AvgIpc) is 2.67. The number of amides is 1. The van der Waals surface area contributed by atoms with Crippen LogP contribution in [0.15, 0.2) is 79.4 Å². The molecule has 0 radical (unpaired) electrons. The van der Waals surface area contributed by atoms with E-state index in [9.17, 15) is 14.7 Å². The molecule has 0 saturated carbocycles. The molecule has 0 saturated heterocycles. The molecule has 130 valence electrons. The van der Waals surface area contributed by atoms with Crippen LogP contribution in [0.5, 0.6) is 0 Å². The van der Waals surface area contributed by atoms with Gasteiger partial charge in [-0.3, -0.25) is 4.79 Å². The zero-order valence-corrected chi connectivity index (χ0v) is 14.2. The smallest absolute Gasteiger partial charge is 0.326 e. The maximum absolute atomic E-state index is 12.6. The van der Waals surface area contributed by atoms with Gasteiger partial charge in [-0.15, -0.1) is 0 Å². The Kier molecular flexibility index (Phi) is 5.13. The summed E-state index contributed by atoms with van der Waals surface area (Å²) in [6.45, 7) is 3.89. The molecular weight excluding hydrogens is 326 g/mol. The number of hydrogen-bond donors (Lipinski definition) is 2. The van der Waals surface area contributed by atoms with E-state index in [1.165, 1.54) is 0 Å². The zero-order valence-electron chi connectivity index (χ0n) is 14.2. The second kappa shape index (κ2) is 7.66. The normalized spacial score (nSPS) is 11.7. The molecule has 3 aromatic carbocycles. The molecule has 0 aliphatic carbocycles. The van der Waals surface area contributed by atoms with Crippen LogP contribution in [0.1, 0.15) is 11.1 Å². The maximum atomic E-state index is 12.6. The molecule has 0 spiro atoms. The number of aliphatic carboxylic acids is 1. The quantitative estimate of drug-likeness (QED) is 0.670. The predicted octanol–water partition coefficient (Wildman–Crippen LogP) is 3.67. The number of rotatable bonds is 6. The van der Waals surface area contributed by atoms with Crippen LogP contribution in [0.3, 0.4) is 0 Å². The second-order valence-electron chi connectivity index (χ2n) is 6.06. The molecule has 0 aliphatic rings. The van der Waals surface area contributed by atoms with Crippen LogP contribution >= 0.6 is 0 Å². The highest BCUT2D eigenvalue weighted by molar-refractivity contribution is 6.22. The molecule has 2 N–H and O–H groups in total. The number of carboxylic acid groups (broad SMARTS) is 1. The second-order valence-corrected chi connectivity index (χ2v) is 6.06. The first kappa shape index (κ1) is 17.4. The molecule has 0 fully saturated rings. The highest BCUT2D eigenvalue weighted by Crippen LogP contribution is 2.24. The van der Waals surface area contributed by atoms with Gasteiger partial charge in [0.1, 0.15) is 6.04 Å². The lowest BCUT2D eigenvalue weighted by Gasteiger charge is -2.16. The molecule has 0 unspecified atom stereocenters. The number of fused-ring (bicyclic) bond motifs is 1. The first-order chi connectivity index (χ1) is 12.6. The van der Waals surface area contributed by atoms with Crippen LogP contribution < -0.4 is 5.32 Å². The van der Waals surface area contributed by atoms with E-state index in [1.54, 1.807) is 0 Å². The molecule has 3 rings (SSSR count). The van der Waals surface area contributed by atoms with Gasteiger partial charge in [0, 0.05) is 12.0 Å². The van der Waals surface area contributed by atoms with Gasteiger partial charge in [-0.25, -0.2) is 4.79 Å². The van der Waals surface area contributed by atoms with Crippen LogP contribution in [-0.2, 0) is 16.0 Å². The number of nitrogens with one attached hydrogen (secondary N) is 1. The summed E-state index contributed by atoms with van der Waals surface area (Å²) in [7, 11) is 0. The summed E-state index contributed by atoms with van der Waals surface area (Å²) in [5.41, 5.74) is 1.79. The lowest BCUT2D eigenvalue weighted by Crippen LogP contribution is -2.42. The number of hydrogen-bond acceptors (Lipinski definition) is 2. The summed E-state index contributed by atoms with van der Waals surface area (Å²) < 4.78 is 0. The summed E-state index contributed by atoms with van der Waals surface area (Å²) in [6, 6.07) is 21.5. The van der Waals surface area contributed by atoms with Crippen molar-refractivity contribution in [3.05, 3.63) is 90.5 Å². The van der Waals surface area contributed by atoms with Crippen molar-refractivity contribution in [1.29, 1.82) is 0 Å². The van der Waals surface area contributed by atoms with Crippen LogP contribution in [0, 0.1) is 0 Å². The molecule has 26 heavy (non-hydrogen) atoms. The van der Waals surface area contributed by atoms with Crippen molar-refractivity contribution in [3.8, 4) is 0 Å². The summed E-state index contributed by atoms with van der Waals surface area (Å²) in [4.78, 5) is 24.2. The molecular formula is C22H19NO3. The predicted molar refractivity (Wildman–Crippen MR) is 103 cm³/mol. The number of carbonyl (C=O) groups is 2. The third kappa shape index (κ3) is 3.81. The first-order valence-corrected chi connectivity index (χ1v) is 8.31. The molecule has 0 aromatic heterocycles. The Morgan fingerprint density at radius 3 is 2.31 bits per heavy atom. The number of carboxylic acids is 1. The van der Waals surface area contributed by atoms with Gasteiger partial charge in [-0.2, -0.15) is 0 Å². The summed E-state index contributed by atoms with van der Waals surface area (Å²) >= 11 is 0. The van der Waals surface area contributed by atoms with Gasteiger partial charge in [-0.1, -0.05) is 79.4 Å². The van der Waals surface area contributed by atoms with E-state index in [0.717, 1.165) is 16.3 Å². The third-order valence-electron chi connectivity index (χ3n) is 4.27. The van der Waals surface area contributed by atoms with Crippen molar-refractivity contribution in [2.24, 2.45) is 0 Å². The Balaban J connectivity index is 1.81. The van der Waals surface area contributed by atoms with Gasteiger partial charge in [0.05, 0.1) is 0 Å². The van der Waals surface area contributed by atoms with E-state index in [0.29, 0.717) is 5.56 Å². The molecule has 4 nitrogen and oxygen atoms in total. The minimum Gasteiger partial charge on any atom is -0.480 e. The first-order valence-electron chi connectivity index (χ1n) is 8.31. The van der Waals surface area contributed by atoms with Gasteiger partial charge in [0.25, 0.3) is 5.91 Å². The fraction of sp³-hybridized carbons (Fsp3) is 0.0909. The van der Waals surface area contributed by atoms with E-state index in [2.05, 4.69) is 11.9 Å². The number of carbonyl (C=O) groups excluding carboxylic acids is 1. The van der Waals surface area contributed by atoms with Crippen molar-refractivity contribution in [2.45, 2.75) is 12.5 Å². The minimum absolute atomic E-state index is 0.213. The van der Waals surface area contributed by atoms with E-state index in [-0.39, 0.29) is 12.0 Å². The van der Waals surface area contributed by atoms with E-state index in [4.69, 9.17) is 0 Å². The van der Waals surface area contributed by atoms with E-state index in [1.807, 2.05) is 72.8 Å². The van der Waals surface area contributed by atoms with Gasteiger partial charge in [0.15, 0.2) is 0 Å². The SMILES string of the molecule is C=C(C(=O)N[C@H](Cc1ccccc1)C(=O)O)c1cccc2ccccc12. The summed E-state index contributed by atoms with van der Waals surface area (Å²) in [5.74, 6) is -1.56. The van der Waals surface area contributed by atoms with Crippen LogP contribution in [-0.4, -0.2) is 23.0 Å². The highest BCUT2D eigenvalue weighted by Gasteiger charge is 2.22. The Labute approximate surface area is 151 Å². The Morgan fingerprint density at radius 1 is 0.923 bits per heavy atom. The molecule has 4 heteroatoms. The van der Waals surface area contributed by atoms with Crippen molar-refractivity contribution >= 4 is 28.2 Å². The minimum atomic E-state index is -1.08. The van der Waals surface area contributed by atoms with E-state index < -0.39 is 17.9 Å². The highest BCUT2D eigenvalue weighted by atomic mass is 16.4. The van der Waals surface area contributed by atoms with Crippen molar-refractivity contribution in [3.63, 3.8) is 0 Å². The largest absolute Gasteiger partial charge is 0.480 e. The van der Waals surface area contributed by atoms with Crippen molar-refractivity contribution < 1.29 is 14.7 Å². The summed E-state index contributed by atoms with van der Waals surface area (Å²) in [6.07, 6.45) is 0.213. The van der Waals surface area contributed by atoms with Gasteiger partial charge >= 0.3 is 5.97 Å². The fourth-order valence-electron chi connectivity index (χ4n) is 2.91. The molecule has 0 bridgehead atoms. The zero-order chi connectivity index (χ0) is 18.5. The Hall–Kier alpha value is -3.40. The monoisotopic (exact) mass is 345 g/mol. The van der Waals surface area contributed by atoms with Gasteiger partial charge < -0.3 is 10.4 Å². The Bertz CT molecular complexity index is 958. The summed E-state index contributed by atoms with van der Waals surface area (Å²) in [5, 5.41) is 14.0. The van der Waals surface area contributed by atoms with Crippen molar-refractivity contribution in [2.75, 3.05) is 0 Å². The molecule has 3 aromatic rings. The molecule has 1 amide bonds. The molecule has 0 heterocycles. The topological polar surface area (TPSA) is 66.4 Å². The average molecular weight is 345 g/mol. The van der Waals surface area contributed by atoms with Crippen LogP contribution in [0.2, 0.25) is 0 Å². The van der Waals surface area contributed by atoms with Crippen LogP contribution in [0.25, 0.3) is 16.3 Å². The standard InChI is InChI=1S/C22H19NO3/c1-15(18-13-7-11-17-10-5-6-12-19(17)18)21(24)23-20(22(25)26)14-16-8-3-2-4-9-16/h2-13,20H,1,14H2,(H,23,24)(H,25,26)/t20-/m1/s1. The van der Waals surface area contributed by atoms with Gasteiger partial charge in [0.2, 0.25) is 0 Å². The van der Waals surface area contributed by atoms with Crippen molar-refractivity contribution in [1.82, 2.24) is 5.32 Å². The Morgan fingerprint density at radius 2 is 1.58 bits per heavy atom. The van der Waals surface area contributed by atoms with Gasteiger partial charge in [-0.05, 0) is 21.9 Å². The van der Waals surface area contributed by atoms with Crippen LogP contribution in [0.4, 0.5) is 0 Å². The fourth-order valence-corrected chi connectivity index (χ4v) is 2.91. The third-order valence-corrected chi connectivity index (χ3v) is 4.27. The lowest BCUT2D eigenvalue weighted by atomic mass is 9.98. The van der Waals surface area contributed by atoms with E-state index >= 15 is 0 Å². The lowest BCUT2D eigenvalue weighted by molar-refractivity contribution is -0.141.